The van der Waals surface area contributed by atoms with Crippen molar-refractivity contribution < 1.29 is 18.3 Å². The number of carbonyl (C=O) groups is 1. The van der Waals surface area contributed by atoms with Gasteiger partial charge in [0.15, 0.2) is 5.78 Å². The van der Waals surface area contributed by atoms with Crippen LogP contribution in [0.3, 0.4) is 0 Å². The fraction of sp³-hybridized carbons (Fsp3) is 0.0952. The highest BCUT2D eigenvalue weighted by Crippen LogP contribution is 2.30. The van der Waals surface area contributed by atoms with E-state index in [0.717, 1.165) is 11.6 Å². The Morgan fingerprint density at radius 2 is 1.72 bits per heavy atom. The molecule has 2 nitrogen and oxygen atoms in total. The van der Waals surface area contributed by atoms with Gasteiger partial charge in [0.1, 0.15) is 24.0 Å². The molecule has 0 aliphatic heterocycles. The van der Waals surface area contributed by atoms with E-state index in [1.54, 1.807) is 18.2 Å². The minimum absolute atomic E-state index is 0.144. The quantitative estimate of drug-likeness (QED) is 0.581. The van der Waals surface area contributed by atoms with E-state index in [2.05, 4.69) is 0 Å². The molecule has 0 atom stereocenters. The van der Waals surface area contributed by atoms with Gasteiger partial charge >= 0.3 is 0 Å². The third kappa shape index (κ3) is 3.91. The highest BCUT2D eigenvalue weighted by molar-refractivity contribution is 5.97. The first-order valence-corrected chi connectivity index (χ1v) is 7.82. The fourth-order valence-corrected chi connectivity index (χ4v) is 2.56. The normalized spacial score (nSPS) is 10.5. The Hall–Kier alpha value is -3.01. The molecule has 25 heavy (non-hydrogen) atoms. The second-order valence-corrected chi connectivity index (χ2v) is 5.67. The van der Waals surface area contributed by atoms with Crippen LogP contribution in [0.4, 0.5) is 8.78 Å². The maximum atomic E-state index is 14.0. The van der Waals surface area contributed by atoms with Crippen LogP contribution in [0.15, 0.2) is 66.7 Å². The van der Waals surface area contributed by atoms with Crippen molar-refractivity contribution in [3.05, 3.63) is 89.5 Å². The molecule has 0 unspecified atom stereocenters. The van der Waals surface area contributed by atoms with Crippen molar-refractivity contribution in [2.45, 2.75) is 13.5 Å². The minimum Gasteiger partial charge on any atom is -0.488 e. The predicted molar refractivity (Wildman–Crippen MR) is 92.6 cm³/mol. The molecule has 126 valence electrons. The number of rotatable bonds is 5. The number of halogens is 2. The summed E-state index contributed by atoms with van der Waals surface area (Å²) >= 11 is 0. The van der Waals surface area contributed by atoms with Crippen molar-refractivity contribution in [1.82, 2.24) is 0 Å². The average molecular weight is 338 g/mol. The van der Waals surface area contributed by atoms with E-state index in [9.17, 15) is 13.6 Å². The molecule has 0 spiro atoms. The Kier molecular flexibility index (Phi) is 4.89. The highest BCUT2D eigenvalue weighted by Gasteiger charge is 2.13. The summed E-state index contributed by atoms with van der Waals surface area (Å²) in [4.78, 5) is 11.8. The van der Waals surface area contributed by atoms with Crippen LogP contribution in [0.2, 0.25) is 0 Å². The van der Waals surface area contributed by atoms with Crippen molar-refractivity contribution >= 4 is 5.78 Å². The number of Topliss-reactive ketones (excluding diaryl/α,β-unsaturated/α-hetero) is 1. The van der Waals surface area contributed by atoms with Crippen molar-refractivity contribution in [3.8, 4) is 16.9 Å². The summed E-state index contributed by atoms with van der Waals surface area (Å²) < 4.78 is 32.9. The summed E-state index contributed by atoms with van der Waals surface area (Å²) in [6, 6.07) is 17.8. The number of carbonyl (C=O) groups excluding carboxylic acids is 1. The van der Waals surface area contributed by atoms with Crippen LogP contribution in [0.1, 0.15) is 22.8 Å². The van der Waals surface area contributed by atoms with Crippen molar-refractivity contribution in [3.63, 3.8) is 0 Å². The van der Waals surface area contributed by atoms with Gasteiger partial charge in [0.05, 0.1) is 5.56 Å². The van der Waals surface area contributed by atoms with E-state index in [-0.39, 0.29) is 18.0 Å². The Balaban J connectivity index is 1.95. The highest BCUT2D eigenvalue weighted by atomic mass is 19.1. The predicted octanol–water partition coefficient (Wildman–Crippen LogP) is 5.41. The van der Waals surface area contributed by atoms with Gasteiger partial charge in [-0.05, 0) is 42.3 Å². The summed E-state index contributed by atoms with van der Waals surface area (Å²) in [5, 5.41) is 0. The third-order valence-corrected chi connectivity index (χ3v) is 3.84. The first-order valence-electron chi connectivity index (χ1n) is 7.82. The topological polar surface area (TPSA) is 26.3 Å². The molecular formula is C21H16F2O2. The molecule has 0 amide bonds. The van der Waals surface area contributed by atoms with Crippen LogP contribution >= 0.6 is 0 Å². The molecule has 3 aromatic rings. The van der Waals surface area contributed by atoms with Gasteiger partial charge in [0, 0.05) is 11.6 Å². The van der Waals surface area contributed by atoms with Gasteiger partial charge in [-0.2, -0.15) is 0 Å². The molecule has 0 aliphatic rings. The Bertz CT molecular complexity index is 905. The summed E-state index contributed by atoms with van der Waals surface area (Å²) in [6.45, 7) is 1.74. The molecule has 0 saturated carbocycles. The molecular weight excluding hydrogens is 322 g/mol. The molecule has 4 heteroatoms. The zero-order valence-electron chi connectivity index (χ0n) is 13.6. The van der Waals surface area contributed by atoms with Gasteiger partial charge in [-0.1, -0.05) is 36.4 Å². The van der Waals surface area contributed by atoms with Gasteiger partial charge in [-0.15, -0.1) is 0 Å². The molecule has 3 aromatic carbocycles. The number of ketones is 1. The van der Waals surface area contributed by atoms with E-state index >= 15 is 0 Å². The number of benzene rings is 3. The second kappa shape index (κ2) is 7.26. The van der Waals surface area contributed by atoms with Gasteiger partial charge in [-0.3, -0.25) is 4.79 Å². The van der Waals surface area contributed by atoms with Crippen LogP contribution in [0, 0.1) is 11.6 Å². The lowest BCUT2D eigenvalue weighted by Gasteiger charge is -2.12. The van der Waals surface area contributed by atoms with Crippen molar-refractivity contribution in [2.24, 2.45) is 0 Å². The summed E-state index contributed by atoms with van der Waals surface area (Å²) in [5.41, 5.74) is 2.14. The first-order chi connectivity index (χ1) is 12.0. The Morgan fingerprint density at radius 3 is 2.40 bits per heavy atom. The smallest absolute Gasteiger partial charge is 0.163 e. The molecule has 0 saturated heterocycles. The Morgan fingerprint density at radius 1 is 0.960 bits per heavy atom. The van der Waals surface area contributed by atoms with Crippen LogP contribution in [0.25, 0.3) is 11.1 Å². The van der Waals surface area contributed by atoms with Gasteiger partial charge in [0.25, 0.3) is 0 Å². The van der Waals surface area contributed by atoms with Gasteiger partial charge in [-0.25, -0.2) is 8.78 Å². The van der Waals surface area contributed by atoms with Crippen LogP contribution in [0.5, 0.6) is 5.75 Å². The van der Waals surface area contributed by atoms with E-state index < -0.39 is 11.6 Å². The molecule has 0 bridgehead atoms. The molecule has 0 aliphatic carbocycles. The lowest BCUT2D eigenvalue weighted by molar-refractivity contribution is 0.101. The Labute approximate surface area is 144 Å². The number of hydrogen-bond donors (Lipinski definition) is 0. The maximum Gasteiger partial charge on any atom is 0.163 e. The monoisotopic (exact) mass is 338 g/mol. The molecule has 0 radical (unpaired) electrons. The SMILES string of the molecule is CC(=O)c1ccc(-c2ccc(F)cc2F)cc1OCc1ccccc1. The zero-order chi connectivity index (χ0) is 17.8. The van der Waals surface area contributed by atoms with Crippen molar-refractivity contribution in [1.29, 1.82) is 0 Å². The summed E-state index contributed by atoms with van der Waals surface area (Å²) in [7, 11) is 0. The maximum absolute atomic E-state index is 14.0. The lowest BCUT2D eigenvalue weighted by atomic mass is 10.0. The van der Waals surface area contributed by atoms with E-state index in [1.165, 1.54) is 19.1 Å². The molecule has 0 N–H and O–H groups in total. The summed E-state index contributed by atoms with van der Waals surface area (Å²) in [6.07, 6.45) is 0. The first kappa shape index (κ1) is 16.8. The molecule has 3 rings (SSSR count). The van der Waals surface area contributed by atoms with Crippen LogP contribution < -0.4 is 4.74 Å². The largest absolute Gasteiger partial charge is 0.488 e. The van der Waals surface area contributed by atoms with Crippen LogP contribution in [-0.2, 0) is 6.61 Å². The molecule has 0 heterocycles. The lowest BCUT2D eigenvalue weighted by Crippen LogP contribution is -2.02. The van der Waals surface area contributed by atoms with E-state index in [4.69, 9.17) is 4.74 Å². The standard InChI is InChI=1S/C21H16F2O2/c1-14(24)18-9-7-16(19-10-8-17(22)12-20(19)23)11-21(18)25-13-15-5-3-2-4-6-15/h2-12H,13H2,1H3. The minimum atomic E-state index is -0.662. The molecule has 0 fully saturated rings. The number of ether oxygens (including phenoxy) is 1. The van der Waals surface area contributed by atoms with E-state index in [1.807, 2.05) is 30.3 Å². The van der Waals surface area contributed by atoms with Gasteiger partial charge in [0.2, 0.25) is 0 Å². The van der Waals surface area contributed by atoms with Gasteiger partial charge < -0.3 is 4.74 Å². The third-order valence-electron chi connectivity index (χ3n) is 3.84. The second-order valence-electron chi connectivity index (χ2n) is 5.67. The fourth-order valence-electron chi connectivity index (χ4n) is 2.56. The van der Waals surface area contributed by atoms with Crippen LogP contribution in [-0.4, -0.2) is 5.78 Å². The van der Waals surface area contributed by atoms with Crippen molar-refractivity contribution in [2.75, 3.05) is 0 Å². The van der Waals surface area contributed by atoms with E-state index in [0.29, 0.717) is 16.9 Å². The number of hydrogen-bond acceptors (Lipinski definition) is 2. The molecule has 0 aromatic heterocycles. The summed E-state index contributed by atoms with van der Waals surface area (Å²) in [5.74, 6) is -1.07. The average Bonchev–Trinajstić information content (AvgIpc) is 2.60. The zero-order valence-corrected chi connectivity index (χ0v) is 13.6.